The highest BCUT2D eigenvalue weighted by Gasteiger charge is 2.37. The van der Waals surface area contributed by atoms with Crippen molar-refractivity contribution in [2.24, 2.45) is 4.36 Å². The number of halogens is 1. The Balaban J connectivity index is 1.65. The van der Waals surface area contributed by atoms with Gasteiger partial charge in [-0.3, -0.25) is 9.59 Å². The zero-order valence-electron chi connectivity index (χ0n) is 18.1. The Morgan fingerprint density at radius 1 is 1.27 bits per heavy atom. The van der Waals surface area contributed by atoms with E-state index in [4.69, 9.17) is 0 Å². The van der Waals surface area contributed by atoms with Gasteiger partial charge in [0.05, 0.1) is 16.9 Å². The highest BCUT2D eigenvalue weighted by molar-refractivity contribution is 7.86. The maximum Gasteiger partial charge on any atom is 0.322 e. The number of rotatable bonds is 6. The van der Waals surface area contributed by atoms with Gasteiger partial charge in [0.25, 0.3) is 16.2 Å². The van der Waals surface area contributed by atoms with Crippen LogP contribution in [0, 0.1) is 0 Å². The molecule has 2 aromatic heterocycles. The predicted octanol–water partition coefficient (Wildman–Crippen LogP) is 3.59. The van der Waals surface area contributed by atoms with Gasteiger partial charge in [-0.05, 0) is 51.0 Å². The third-order valence-corrected chi connectivity index (χ3v) is 6.72. The lowest BCUT2D eigenvalue weighted by atomic mass is 10.1. The highest BCUT2D eigenvalue weighted by Crippen LogP contribution is 2.29. The molecule has 4 rings (SSSR count). The van der Waals surface area contributed by atoms with Crippen LogP contribution in [-0.4, -0.2) is 53.5 Å². The SMILES string of the molecule is CC(C)NC(=O)c1ccc2nc(-c3cccc(N=S(=O)(F)N4CCC[C@@H]4C(=O)O)c3)cn2c1. The minimum atomic E-state index is -4.40. The summed E-state index contributed by atoms with van der Waals surface area (Å²) in [6, 6.07) is 8.68. The second kappa shape index (κ2) is 8.91. The lowest BCUT2D eigenvalue weighted by Crippen LogP contribution is -2.38. The first-order valence-electron chi connectivity index (χ1n) is 10.5. The molecular weight excluding hydrogens is 449 g/mol. The summed E-state index contributed by atoms with van der Waals surface area (Å²) in [4.78, 5) is 28.1. The van der Waals surface area contributed by atoms with E-state index in [1.54, 1.807) is 47.1 Å². The van der Waals surface area contributed by atoms with E-state index < -0.39 is 22.3 Å². The van der Waals surface area contributed by atoms with Gasteiger partial charge in [0, 0.05) is 30.5 Å². The van der Waals surface area contributed by atoms with Crippen LogP contribution in [0.5, 0.6) is 0 Å². The smallest absolute Gasteiger partial charge is 0.322 e. The summed E-state index contributed by atoms with van der Waals surface area (Å²) in [6.07, 6.45) is 4.07. The van der Waals surface area contributed by atoms with Crippen LogP contribution in [0.3, 0.4) is 0 Å². The summed E-state index contributed by atoms with van der Waals surface area (Å²) in [6.45, 7) is 3.82. The molecule has 1 amide bonds. The topological polar surface area (TPSA) is 116 Å². The number of pyridine rings is 1. The summed E-state index contributed by atoms with van der Waals surface area (Å²) >= 11 is 0. The maximum atomic E-state index is 15.0. The fraction of sp³-hybridized carbons (Fsp3) is 0.318. The van der Waals surface area contributed by atoms with E-state index in [1.807, 2.05) is 13.8 Å². The van der Waals surface area contributed by atoms with Gasteiger partial charge in [-0.15, -0.1) is 3.89 Å². The van der Waals surface area contributed by atoms with Gasteiger partial charge < -0.3 is 14.8 Å². The number of aromatic nitrogens is 2. The number of benzene rings is 1. The first kappa shape index (κ1) is 22.9. The van der Waals surface area contributed by atoms with Crippen LogP contribution in [0.1, 0.15) is 37.0 Å². The van der Waals surface area contributed by atoms with E-state index >= 15 is 0 Å². The molecule has 9 nitrogen and oxygen atoms in total. The van der Waals surface area contributed by atoms with Crippen molar-refractivity contribution < 1.29 is 22.8 Å². The Morgan fingerprint density at radius 2 is 2.06 bits per heavy atom. The number of carboxylic acids is 1. The Morgan fingerprint density at radius 3 is 2.79 bits per heavy atom. The van der Waals surface area contributed by atoms with Crippen molar-refractivity contribution in [1.82, 2.24) is 19.0 Å². The van der Waals surface area contributed by atoms with Crippen LogP contribution in [0.4, 0.5) is 9.57 Å². The number of carboxylic acid groups (broad SMARTS) is 1. The molecule has 0 spiro atoms. The number of nitrogens with zero attached hydrogens (tertiary/aromatic N) is 4. The number of hydrogen-bond acceptors (Lipinski definition) is 5. The lowest BCUT2D eigenvalue weighted by molar-refractivity contribution is -0.140. The summed E-state index contributed by atoms with van der Waals surface area (Å²) in [5, 5.41) is 12.1. The number of carbonyl (C=O) groups excluding carboxylic acids is 1. The van der Waals surface area contributed by atoms with E-state index in [0.717, 1.165) is 4.31 Å². The average Bonchev–Trinajstić information content (AvgIpc) is 3.40. The van der Waals surface area contributed by atoms with E-state index in [-0.39, 0.29) is 30.6 Å². The van der Waals surface area contributed by atoms with Crippen molar-refractivity contribution in [1.29, 1.82) is 0 Å². The van der Waals surface area contributed by atoms with Crippen LogP contribution in [0.2, 0.25) is 0 Å². The molecule has 0 aliphatic carbocycles. The molecule has 11 heteroatoms. The Labute approximate surface area is 190 Å². The second-order valence-corrected chi connectivity index (χ2v) is 9.66. The molecule has 2 atom stereocenters. The third-order valence-electron chi connectivity index (χ3n) is 5.27. The standard InChI is InChI=1S/C22H24FN5O4S/c1-14(2)24-21(29)16-8-9-20-25-18(13-27(20)12-16)15-5-3-6-17(11-15)26-33(23,32)28-10-4-7-19(28)22(30)31/h3,5-6,8-9,11-14,19H,4,7,10H2,1-2H3,(H,24,29)(H,30,31)/t19-,33?/m1/s1. The molecule has 1 aromatic carbocycles. The molecule has 174 valence electrons. The van der Waals surface area contributed by atoms with Gasteiger partial charge in [0.2, 0.25) is 0 Å². The molecule has 1 unspecified atom stereocenters. The highest BCUT2D eigenvalue weighted by atomic mass is 32.3. The van der Waals surface area contributed by atoms with Crippen LogP contribution in [0.25, 0.3) is 16.9 Å². The summed E-state index contributed by atoms with van der Waals surface area (Å²) in [5.74, 6) is -1.41. The van der Waals surface area contributed by atoms with Gasteiger partial charge in [-0.1, -0.05) is 12.1 Å². The number of carbonyl (C=O) groups is 2. The molecule has 1 aliphatic heterocycles. The molecule has 0 saturated carbocycles. The number of amides is 1. The molecule has 33 heavy (non-hydrogen) atoms. The van der Waals surface area contributed by atoms with Crippen molar-refractivity contribution in [3.05, 3.63) is 54.4 Å². The Kier molecular flexibility index (Phi) is 6.17. The van der Waals surface area contributed by atoms with Gasteiger partial charge in [0.1, 0.15) is 11.7 Å². The van der Waals surface area contributed by atoms with Crippen LogP contribution in [-0.2, 0) is 15.1 Å². The summed E-state index contributed by atoms with van der Waals surface area (Å²) < 4.78 is 33.9. The number of fused-ring (bicyclic) bond motifs is 1. The normalized spacial score (nSPS) is 18.4. The molecule has 2 N–H and O–H groups in total. The third kappa shape index (κ3) is 4.88. The van der Waals surface area contributed by atoms with E-state index in [0.29, 0.717) is 28.9 Å². The van der Waals surface area contributed by atoms with E-state index in [9.17, 15) is 22.8 Å². The summed E-state index contributed by atoms with van der Waals surface area (Å²) in [7, 11) is -4.40. The number of aliphatic carboxylic acids is 1. The lowest BCUT2D eigenvalue weighted by Gasteiger charge is -2.18. The summed E-state index contributed by atoms with van der Waals surface area (Å²) in [5.41, 5.74) is 2.39. The van der Waals surface area contributed by atoms with E-state index in [2.05, 4.69) is 14.7 Å². The van der Waals surface area contributed by atoms with Crippen molar-refractivity contribution in [3.8, 4) is 11.3 Å². The zero-order chi connectivity index (χ0) is 23.8. The first-order chi connectivity index (χ1) is 15.6. The van der Waals surface area contributed by atoms with Gasteiger partial charge in [-0.2, -0.15) is 12.9 Å². The van der Waals surface area contributed by atoms with E-state index in [1.165, 1.54) is 6.07 Å². The van der Waals surface area contributed by atoms with Crippen molar-refractivity contribution in [3.63, 3.8) is 0 Å². The molecular formula is C22H24FN5O4S. The largest absolute Gasteiger partial charge is 0.480 e. The van der Waals surface area contributed by atoms with Gasteiger partial charge in [0.15, 0.2) is 0 Å². The molecule has 1 saturated heterocycles. The molecule has 1 aliphatic rings. The second-order valence-electron chi connectivity index (χ2n) is 8.15. The molecule has 0 radical (unpaired) electrons. The first-order valence-corrected chi connectivity index (χ1v) is 11.9. The molecule has 0 bridgehead atoms. The fourth-order valence-electron chi connectivity index (χ4n) is 3.77. The van der Waals surface area contributed by atoms with Crippen molar-refractivity contribution in [2.45, 2.75) is 38.8 Å². The molecule has 3 heterocycles. The molecule has 3 aromatic rings. The van der Waals surface area contributed by atoms with Crippen molar-refractivity contribution >= 4 is 33.5 Å². The Hall–Kier alpha value is -3.31. The molecule has 1 fully saturated rings. The van der Waals surface area contributed by atoms with Crippen molar-refractivity contribution in [2.75, 3.05) is 6.54 Å². The van der Waals surface area contributed by atoms with Crippen LogP contribution in [0.15, 0.2) is 53.2 Å². The minimum absolute atomic E-state index is 0.00939. The predicted molar refractivity (Wildman–Crippen MR) is 122 cm³/mol. The zero-order valence-corrected chi connectivity index (χ0v) is 19.0. The average molecular weight is 474 g/mol. The van der Waals surface area contributed by atoms with Gasteiger partial charge >= 0.3 is 5.97 Å². The minimum Gasteiger partial charge on any atom is -0.480 e. The fourth-order valence-corrected chi connectivity index (χ4v) is 5.11. The monoisotopic (exact) mass is 473 g/mol. The quantitative estimate of drug-likeness (QED) is 0.531. The van der Waals surface area contributed by atoms with Gasteiger partial charge in [-0.25, -0.2) is 4.98 Å². The number of hydrogen-bond donors (Lipinski definition) is 2. The maximum absolute atomic E-state index is 15.0. The number of nitrogens with one attached hydrogen (secondary N) is 1. The Bertz CT molecular complexity index is 1350. The van der Waals surface area contributed by atoms with Crippen LogP contribution >= 0.6 is 0 Å². The number of imidazole rings is 1. The van der Waals surface area contributed by atoms with Crippen LogP contribution < -0.4 is 5.32 Å².